The minimum absolute atomic E-state index is 0.0947. The molecule has 0 spiro atoms. The maximum Gasteiger partial charge on any atom is 0.416 e. The van der Waals surface area contributed by atoms with E-state index in [4.69, 9.17) is 0 Å². The Morgan fingerprint density at radius 2 is 1.61 bits per heavy atom. The van der Waals surface area contributed by atoms with Gasteiger partial charge in [-0.1, -0.05) is 23.8 Å². The molecule has 1 aromatic heterocycles. The van der Waals surface area contributed by atoms with Crippen LogP contribution in [0.25, 0.3) is 0 Å². The lowest BCUT2D eigenvalue weighted by molar-refractivity contribution is -0.137. The lowest BCUT2D eigenvalue weighted by Crippen LogP contribution is -2.48. The maximum absolute atomic E-state index is 13.0. The number of alkyl halides is 3. The summed E-state index contributed by atoms with van der Waals surface area (Å²) in [6, 6.07) is 14.6. The molecule has 0 aliphatic carbocycles. The van der Waals surface area contributed by atoms with Gasteiger partial charge in [0.25, 0.3) is 5.91 Å². The highest BCUT2D eigenvalue weighted by molar-refractivity contribution is 7.93. The summed E-state index contributed by atoms with van der Waals surface area (Å²) in [5.74, 6) is -0.283. The lowest BCUT2D eigenvalue weighted by Gasteiger charge is -2.36. The Hall–Kier alpha value is -2.85. The molecule has 1 amide bonds. The zero-order valence-corrected chi connectivity index (χ0v) is 19.3. The molecule has 3 aromatic rings. The first-order valence-electron chi connectivity index (χ1n) is 10.2. The minimum Gasteiger partial charge on any atom is -0.368 e. The smallest absolute Gasteiger partial charge is 0.368 e. The van der Waals surface area contributed by atoms with Crippen LogP contribution in [0.5, 0.6) is 0 Å². The molecular formula is C23H21F3N2O3S2. The van der Waals surface area contributed by atoms with Gasteiger partial charge in [0.2, 0.25) is 9.84 Å². The molecule has 1 saturated heterocycles. The number of carbonyl (C=O) groups excluding carboxylic acids is 1. The van der Waals surface area contributed by atoms with Crippen LogP contribution < -0.4 is 4.90 Å². The summed E-state index contributed by atoms with van der Waals surface area (Å²) in [7, 11) is -3.71. The summed E-state index contributed by atoms with van der Waals surface area (Å²) < 4.78 is 64.8. The van der Waals surface area contributed by atoms with Crippen molar-refractivity contribution in [2.24, 2.45) is 0 Å². The van der Waals surface area contributed by atoms with Gasteiger partial charge in [0.15, 0.2) is 0 Å². The largest absolute Gasteiger partial charge is 0.416 e. The van der Waals surface area contributed by atoms with E-state index in [0.717, 1.165) is 29.0 Å². The fourth-order valence-corrected chi connectivity index (χ4v) is 6.29. The van der Waals surface area contributed by atoms with Crippen molar-refractivity contribution in [2.45, 2.75) is 22.2 Å². The Morgan fingerprint density at radius 3 is 2.24 bits per heavy atom. The molecule has 5 nitrogen and oxygen atoms in total. The van der Waals surface area contributed by atoms with Crippen LogP contribution in [0.15, 0.2) is 69.8 Å². The third kappa shape index (κ3) is 4.91. The van der Waals surface area contributed by atoms with Gasteiger partial charge in [-0.2, -0.15) is 13.2 Å². The van der Waals surface area contributed by atoms with Gasteiger partial charge in [0.05, 0.1) is 15.3 Å². The van der Waals surface area contributed by atoms with Gasteiger partial charge in [0, 0.05) is 31.9 Å². The highest BCUT2D eigenvalue weighted by Crippen LogP contribution is 2.32. The molecule has 10 heteroatoms. The zero-order chi connectivity index (χ0) is 23.8. The van der Waals surface area contributed by atoms with Crippen LogP contribution in [0.2, 0.25) is 0 Å². The predicted molar refractivity (Wildman–Crippen MR) is 121 cm³/mol. The van der Waals surface area contributed by atoms with E-state index in [-0.39, 0.29) is 15.0 Å². The second kappa shape index (κ2) is 8.83. The molecule has 1 aliphatic heterocycles. The summed E-state index contributed by atoms with van der Waals surface area (Å²) >= 11 is 0.925. The van der Waals surface area contributed by atoms with Gasteiger partial charge >= 0.3 is 6.18 Å². The fourth-order valence-electron chi connectivity index (χ4n) is 3.62. The van der Waals surface area contributed by atoms with E-state index in [2.05, 4.69) is 0 Å². The van der Waals surface area contributed by atoms with Crippen LogP contribution in [-0.2, 0) is 16.0 Å². The first-order chi connectivity index (χ1) is 15.6. The molecule has 0 bridgehead atoms. The second-order valence-electron chi connectivity index (χ2n) is 7.76. The Kier molecular flexibility index (Phi) is 6.24. The number of carbonyl (C=O) groups is 1. The fraction of sp³-hybridized carbons (Fsp3) is 0.261. The van der Waals surface area contributed by atoms with E-state index < -0.39 is 21.6 Å². The molecule has 0 N–H and O–H groups in total. The minimum atomic E-state index is -4.41. The van der Waals surface area contributed by atoms with Gasteiger partial charge < -0.3 is 9.80 Å². The zero-order valence-electron chi connectivity index (χ0n) is 17.7. The van der Waals surface area contributed by atoms with Crippen molar-refractivity contribution in [1.82, 2.24) is 4.90 Å². The molecule has 33 heavy (non-hydrogen) atoms. The van der Waals surface area contributed by atoms with Crippen LogP contribution in [-0.4, -0.2) is 45.4 Å². The van der Waals surface area contributed by atoms with E-state index in [9.17, 15) is 26.4 Å². The highest BCUT2D eigenvalue weighted by atomic mass is 32.2. The predicted octanol–water partition coefficient (Wildman–Crippen LogP) is 4.87. The van der Waals surface area contributed by atoms with Crippen molar-refractivity contribution in [2.75, 3.05) is 31.1 Å². The average molecular weight is 495 g/mol. The SMILES string of the molecule is Cc1ccc(S(=O)(=O)c2ccc(C(=O)N3CCN(c4cccc(C(F)(F)F)c4)CC3)s2)cc1. The number of anilines is 1. The van der Waals surface area contributed by atoms with Crippen molar-refractivity contribution in [3.63, 3.8) is 0 Å². The quantitative estimate of drug-likeness (QED) is 0.519. The summed E-state index contributed by atoms with van der Waals surface area (Å²) in [5.41, 5.74) is 0.694. The van der Waals surface area contributed by atoms with E-state index in [1.165, 1.54) is 18.2 Å². The first-order valence-corrected chi connectivity index (χ1v) is 12.5. The molecule has 1 fully saturated rings. The number of amides is 1. The van der Waals surface area contributed by atoms with Crippen LogP contribution in [0.3, 0.4) is 0 Å². The molecule has 2 heterocycles. The molecule has 0 unspecified atom stereocenters. The second-order valence-corrected chi connectivity index (χ2v) is 11.0. The molecule has 0 atom stereocenters. The van der Waals surface area contributed by atoms with E-state index in [1.807, 2.05) is 6.92 Å². The average Bonchev–Trinajstić information content (AvgIpc) is 3.30. The van der Waals surface area contributed by atoms with Gasteiger partial charge in [-0.05, 0) is 49.4 Å². The van der Waals surface area contributed by atoms with E-state index in [1.54, 1.807) is 40.1 Å². The maximum atomic E-state index is 13.0. The summed E-state index contributed by atoms with van der Waals surface area (Å²) in [5, 5.41) is 0. The van der Waals surface area contributed by atoms with Crippen molar-refractivity contribution in [3.05, 3.63) is 76.7 Å². The standard InChI is InChI=1S/C23H21F3N2O3S2/c1-16-5-7-19(8-6-16)33(30,31)21-10-9-20(32-21)22(29)28-13-11-27(12-14-28)18-4-2-3-17(15-18)23(24,25)26/h2-10,15H,11-14H2,1H3. The summed E-state index contributed by atoms with van der Waals surface area (Å²) in [6.07, 6.45) is -4.41. The molecule has 1 aliphatic rings. The number of halogens is 3. The topological polar surface area (TPSA) is 57.7 Å². The number of sulfone groups is 1. The van der Waals surface area contributed by atoms with Crippen molar-refractivity contribution in [3.8, 4) is 0 Å². The molecule has 174 valence electrons. The normalized spacial score (nSPS) is 15.0. The number of piperazine rings is 1. The van der Waals surface area contributed by atoms with Crippen molar-refractivity contribution >= 4 is 32.8 Å². The Labute approximate surface area is 194 Å². The number of benzene rings is 2. The van der Waals surface area contributed by atoms with Crippen molar-refractivity contribution < 1.29 is 26.4 Å². The number of nitrogens with zero attached hydrogens (tertiary/aromatic N) is 2. The molecule has 0 saturated carbocycles. The molecule has 4 rings (SSSR count). The number of hydrogen-bond donors (Lipinski definition) is 0. The number of rotatable bonds is 4. The first kappa shape index (κ1) is 23.3. The van der Waals surface area contributed by atoms with Crippen LogP contribution in [0.1, 0.15) is 20.8 Å². The van der Waals surface area contributed by atoms with Gasteiger partial charge in [-0.25, -0.2) is 8.42 Å². The Morgan fingerprint density at radius 1 is 0.939 bits per heavy atom. The lowest BCUT2D eigenvalue weighted by atomic mass is 10.1. The Bertz CT molecular complexity index is 1260. The highest BCUT2D eigenvalue weighted by Gasteiger charge is 2.31. The Balaban J connectivity index is 1.44. The van der Waals surface area contributed by atoms with E-state index >= 15 is 0 Å². The number of aryl methyl sites for hydroxylation is 1. The van der Waals surface area contributed by atoms with Crippen LogP contribution in [0, 0.1) is 6.92 Å². The third-order valence-electron chi connectivity index (χ3n) is 5.49. The number of thiophene rings is 1. The van der Waals surface area contributed by atoms with Gasteiger partial charge in [-0.15, -0.1) is 11.3 Å². The number of hydrogen-bond acceptors (Lipinski definition) is 5. The van der Waals surface area contributed by atoms with Gasteiger partial charge in [0.1, 0.15) is 4.21 Å². The third-order valence-corrected chi connectivity index (χ3v) is 8.83. The van der Waals surface area contributed by atoms with Crippen molar-refractivity contribution in [1.29, 1.82) is 0 Å². The molecular weight excluding hydrogens is 473 g/mol. The van der Waals surface area contributed by atoms with E-state index in [0.29, 0.717) is 36.7 Å². The molecule has 2 aromatic carbocycles. The monoisotopic (exact) mass is 494 g/mol. The summed E-state index contributed by atoms with van der Waals surface area (Å²) in [4.78, 5) is 16.8. The van der Waals surface area contributed by atoms with Crippen LogP contribution in [0.4, 0.5) is 18.9 Å². The van der Waals surface area contributed by atoms with Crippen LogP contribution >= 0.6 is 11.3 Å². The van der Waals surface area contributed by atoms with Gasteiger partial charge in [-0.3, -0.25) is 4.79 Å². The molecule has 0 radical (unpaired) electrons. The summed E-state index contributed by atoms with van der Waals surface area (Å²) in [6.45, 7) is 3.28.